The second-order valence-electron chi connectivity index (χ2n) is 3.23. The van der Waals surface area contributed by atoms with Crippen LogP contribution in [0.25, 0.3) is 0 Å². The molecule has 9 heteroatoms. The zero-order valence-corrected chi connectivity index (χ0v) is 11.1. The Kier molecular flexibility index (Phi) is 5.60. The molecule has 5 nitrogen and oxygen atoms in total. The van der Waals surface area contributed by atoms with Crippen molar-refractivity contribution in [2.45, 2.75) is 6.18 Å². The van der Waals surface area contributed by atoms with Gasteiger partial charge in [0.25, 0.3) is 0 Å². The van der Waals surface area contributed by atoms with Gasteiger partial charge in [0.2, 0.25) is 5.95 Å². The zero-order chi connectivity index (χ0) is 13.6. The Morgan fingerprint density at radius 1 is 1.44 bits per heavy atom. The lowest BCUT2D eigenvalue weighted by atomic mass is 10.5. The van der Waals surface area contributed by atoms with Crippen LogP contribution in [-0.2, 0) is 4.74 Å². The summed E-state index contributed by atoms with van der Waals surface area (Å²) in [4.78, 5) is 8.02. The first kappa shape index (κ1) is 15.0. The highest BCUT2D eigenvalue weighted by Crippen LogP contribution is 2.19. The Hall–Kier alpha value is -1.09. The maximum atomic E-state index is 11.8. The van der Waals surface area contributed by atoms with Gasteiger partial charge in [0.05, 0.1) is 11.1 Å². The molecule has 1 aromatic rings. The standard InChI is InChI=1S/C9H12BrF3N4O/c1-14-8-16-4-6(10)7(17-8)15-2-3-18-5-9(11,12)13/h4H,2-3,5H2,1H3,(H2,14,15,16,17). The lowest BCUT2D eigenvalue weighted by Gasteiger charge is -2.10. The van der Waals surface area contributed by atoms with Crippen molar-refractivity contribution in [3.8, 4) is 0 Å². The number of halogens is 4. The molecule has 0 aromatic carbocycles. The van der Waals surface area contributed by atoms with E-state index in [0.29, 0.717) is 16.2 Å². The van der Waals surface area contributed by atoms with Crippen LogP contribution in [0.5, 0.6) is 0 Å². The van der Waals surface area contributed by atoms with E-state index in [2.05, 4.69) is 41.3 Å². The first-order valence-electron chi connectivity index (χ1n) is 5.01. The van der Waals surface area contributed by atoms with Crippen molar-refractivity contribution in [1.82, 2.24) is 9.97 Å². The molecule has 0 amide bonds. The predicted octanol–water partition coefficient (Wildman–Crippen LogP) is 2.27. The van der Waals surface area contributed by atoms with Crippen LogP contribution in [0.4, 0.5) is 24.9 Å². The summed E-state index contributed by atoms with van der Waals surface area (Å²) in [7, 11) is 1.67. The highest BCUT2D eigenvalue weighted by atomic mass is 79.9. The van der Waals surface area contributed by atoms with Gasteiger partial charge in [-0.25, -0.2) is 4.98 Å². The number of rotatable bonds is 6. The minimum Gasteiger partial charge on any atom is -0.370 e. The number of aromatic nitrogens is 2. The van der Waals surface area contributed by atoms with Gasteiger partial charge < -0.3 is 15.4 Å². The molecule has 0 fully saturated rings. The fraction of sp³-hybridized carbons (Fsp3) is 0.556. The molecular weight excluding hydrogens is 317 g/mol. The minimum atomic E-state index is -4.30. The molecule has 0 aliphatic heterocycles. The average Bonchev–Trinajstić information content (AvgIpc) is 2.29. The van der Waals surface area contributed by atoms with Crippen LogP contribution in [0.1, 0.15) is 0 Å². The molecule has 0 aliphatic rings. The summed E-state index contributed by atoms with van der Waals surface area (Å²) in [5.74, 6) is 0.905. The predicted molar refractivity (Wildman–Crippen MR) is 64.6 cm³/mol. The van der Waals surface area contributed by atoms with E-state index in [9.17, 15) is 13.2 Å². The van der Waals surface area contributed by atoms with Crippen molar-refractivity contribution in [2.75, 3.05) is 37.4 Å². The molecule has 0 saturated carbocycles. The van der Waals surface area contributed by atoms with Crippen LogP contribution < -0.4 is 10.6 Å². The highest BCUT2D eigenvalue weighted by molar-refractivity contribution is 9.10. The van der Waals surface area contributed by atoms with Crippen molar-refractivity contribution in [3.05, 3.63) is 10.7 Å². The first-order chi connectivity index (χ1) is 8.42. The van der Waals surface area contributed by atoms with Crippen LogP contribution >= 0.6 is 15.9 Å². The third-order valence-corrected chi connectivity index (χ3v) is 2.35. The summed E-state index contributed by atoms with van der Waals surface area (Å²) in [5.41, 5.74) is 0. The van der Waals surface area contributed by atoms with E-state index in [1.54, 1.807) is 7.05 Å². The number of ether oxygens (including phenoxy) is 1. The average molecular weight is 329 g/mol. The molecular formula is C9H12BrF3N4O. The molecule has 0 radical (unpaired) electrons. The quantitative estimate of drug-likeness (QED) is 0.784. The Morgan fingerprint density at radius 2 is 2.17 bits per heavy atom. The lowest BCUT2D eigenvalue weighted by molar-refractivity contribution is -0.172. The molecule has 102 valence electrons. The monoisotopic (exact) mass is 328 g/mol. The number of alkyl halides is 3. The highest BCUT2D eigenvalue weighted by Gasteiger charge is 2.27. The molecule has 18 heavy (non-hydrogen) atoms. The Labute approximate surface area is 110 Å². The first-order valence-corrected chi connectivity index (χ1v) is 5.80. The van der Waals surface area contributed by atoms with Gasteiger partial charge in [0.1, 0.15) is 12.4 Å². The van der Waals surface area contributed by atoms with E-state index in [-0.39, 0.29) is 13.2 Å². The molecule has 1 heterocycles. The summed E-state index contributed by atoms with van der Waals surface area (Å²) in [6.07, 6.45) is -2.76. The fourth-order valence-corrected chi connectivity index (χ4v) is 1.37. The van der Waals surface area contributed by atoms with Crippen LogP contribution in [0.3, 0.4) is 0 Å². The molecule has 0 atom stereocenters. The van der Waals surface area contributed by atoms with Gasteiger partial charge in [0.15, 0.2) is 0 Å². The molecule has 2 N–H and O–H groups in total. The molecule has 0 saturated heterocycles. The van der Waals surface area contributed by atoms with Crippen LogP contribution in [0.15, 0.2) is 10.7 Å². The number of hydrogen-bond donors (Lipinski definition) is 2. The summed E-state index contributed by atoms with van der Waals surface area (Å²) < 4.78 is 40.4. The smallest absolute Gasteiger partial charge is 0.370 e. The van der Waals surface area contributed by atoms with E-state index in [4.69, 9.17) is 0 Å². The maximum absolute atomic E-state index is 11.8. The van der Waals surface area contributed by atoms with E-state index < -0.39 is 12.8 Å². The topological polar surface area (TPSA) is 59.1 Å². The van der Waals surface area contributed by atoms with Gasteiger partial charge in [-0.2, -0.15) is 18.2 Å². The normalized spacial score (nSPS) is 11.4. The van der Waals surface area contributed by atoms with Gasteiger partial charge in [-0.05, 0) is 15.9 Å². The molecule has 1 aromatic heterocycles. The Bertz CT molecular complexity index is 389. The molecule has 1 rings (SSSR count). The van der Waals surface area contributed by atoms with E-state index in [0.717, 1.165) is 0 Å². The minimum absolute atomic E-state index is 0.0646. The third-order valence-electron chi connectivity index (χ3n) is 1.77. The van der Waals surface area contributed by atoms with Crippen molar-refractivity contribution in [3.63, 3.8) is 0 Å². The van der Waals surface area contributed by atoms with E-state index in [1.165, 1.54) is 6.20 Å². The molecule has 0 aliphatic carbocycles. The number of hydrogen-bond acceptors (Lipinski definition) is 5. The van der Waals surface area contributed by atoms with E-state index >= 15 is 0 Å². The van der Waals surface area contributed by atoms with Gasteiger partial charge in [-0.1, -0.05) is 0 Å². The number of nitrogens with zero attached hydrogens (tertiary/aromatic N) is 2. The maximum Gasteiger partial charge on any atom is 0.411 e. The van der Waals surface area contributed by atoms with Crippen LogP contribution in [0.2, 0.25) is 0 Å². The van der Waals surface area contributed by atoms with Gasteiger partial charge >= 0.3 is 6.18 Å². The number of anilines is 2. The second-order valence-corrected chi connectivity index (χ2v) is 4.09. The second kappa shape index (κ2) is 6.74. The van der Waals surface area contributed by atoms with E-state index in [1.807, 2.05) is 0 Å². The Morgan fingerprint density at radius 3 is 2.78 bits per heavy atom. The summed E-state index contributed by atoms with van der Waals surface area (Å²) in [6, 6.07) is 0. The van der Waals surface area contributed by atoms with Crippen LogP contribution in [-0.4, -0.2) is 43.0 Å². The lowest BCUT2D eigenvalue weighted by Crippen LogP contribution is -2.20. The summed E-state index contributed by atoms with van der Waals surface area (Å²) in [5, 5.41) is 5.60. The van der Waals surface area contributed by atoms with Crippen molar-refractivity contribution in [1.29, 1.82) is 0 Å². The number of nitrogens with one attached hydrogen (secondary N) is 2. The van der Waals surface area contributed by atoms with Crippen molar-refractivity contribution < 1.29 is 17.9 Å². The van der Waals surface area contributed by atoms with Gasteiger partial charge in [0, 0.05) is 19.8 Å². The molecule has 0 bridgehead atoms. The van der Waals surface area contributed by atoms with Crippen molar-refractivity contribution in [2.24, 2.45) is 0 Å². The third kappa shape index (κ3) is 5.50. The van der Waals surface area contributed by atoms with Gasteiger partial charge in [-0.15, -0.1) is 0 Å². The Balaban J connectivity index is 2.35. The molecule has 0 spiro atoms. The summed E-state index contributed by atoms with van der Waals surface area (Å²) >= 11 is 3.22. The fourth-order valence-electron chi connectivity index (χ4n) is 1.04. The van der Waals surface area contributed by atoms with Crippen LogP contribution in [0, 0.1) is 0 Å². The van der Waals surface area contributed by atoms with Crippen molar-refractivity contribution >= 4 is 27.7 Å². The largest absolute Gasteiger partial charge is 0.411 e. The van der Waals surface area contributed by atoms with Gasteiger partial charge in [-0.3, -0.25) is 0 Å². The molecule has 0 unspecified atom stereocenters. The SMILES string of the molecule is CNc1ncc(Br)c(NCCOCC(F)(F)F)n1. The zero-order valence-electron chi connectivity index (χ0n) is 9.51. The summed E-state index contributed by atoms with van der Waals surface area (Å²) in [6.45, 7) is -1.10.